The van der Waals surface area contributed by atoms with Crippen LogP contribution in [0.3, 0.4) is 0 Å². The van der Waals surface area contributed by atoms with Crippen LogP contribution in [-0.4, -0.2) is 76.4 Å². The molecule has 1 aromatic carbocycles. The van der Waals surface area contributed by atoms with E-state index in [2.05, 4.69) is 44.3 Å². The highest BCUT2D eigenvalue weighted by Gasteiger charge is 2.22. The highest BCUT2D eigenvalue weighted by atomic mass is 32.2. The second-order valence-electron chi connectivity index (χ2n) is 9.76. The van der Waals surface area contributed by atoms with Gasteiger partial charge in [0.15, 0.2) is 5.82 Å². The number of methoxy groups -OCH3 is 1. The number of benzene rings is 1. The Morgan fingerprint density at radius 2 is 1.87 bits per heavy atom. The predicted octanol–water partition coefficient (Wildman–Crippen LogP) is 3.05. The molecule has 39 heavy (non-hydrogen) atoms. The van der Waals surface area contributed by atoms with E-state index in [-0.39, 0.29) is 29.3 Å². The average Bonchev–Trinajstić information content (AvgIpc) is 3.44. The average molecular weight is 552 g/mol. The molecule has 1 aliphatic rings. The molecule has 0 atom stereocenters. The lowest BCUT2D eigenvalue weighted by atomic mass is 9.89. The molecular weight excluding hydrogens is 518 g/mol. The van der Waals surface area contributed by atoms with Gasteiger partial charge in [-0.1, -0.05) is 12.1 Å². The molecule has 12 heteroatoms. The monoisotopic (exact) mass is 551 g/mol. The lowest BCUT2D eigenvalue weighted by molar-refractivity contribution is 0.217. The first-order valence-corrected chi connectivity index (χ1v) is 14.6. The summed E-state index contributed by atoms with van der Waals surface area (Å²) in [7, 11) is -0.169. The Morgan fingerprint density at radius 1 is 1.13 bits per heavy atom. The number of hydrogen-bond acceptors (Lipinski definition) is 9. The van der Waals surface area contributed by atoms with Gasteiger partial charge in [-0.05, 0) is 69.6 Å². The molecule has 206 valence electrons. The number of nitrogens with one attached hydrogen (secondary N) is 1. The van der Waals surface area contributed by atoms with Gasteiger partial charge in [0.25, 0.3) is 5.56 Å². The quantitative estimate of drug-likeness (QED) is 0.334. The van der Waals surface area contributed by atoms with Crippen LogP contribution in [-0.2, 0) is 21.3 Å². The number of rotatable bonds is 9. The third-order valence-electron chi connectivity index (χ3n) is 7.19. The van der Waals surface area contributed by atoms with Crippen molar-refractivity contribution >= 4 is 32.7 Å². The Morgan fingerprint density at radius 3 is 2.56 bits per heavy atom. The van der Waals surface area contributed by atoms with Crippen molar-refractivity contribution in [3.8, 4) is 11.4 Å². The van der Waals surface area contributed by atoms with Crippen LogP contribution in [0.1, 0.15) is 31.2 Å². The number of pyridine rings is 1. The van der Waals surface area contributed by atoms with Crippen LogP contribution in [0.25, 0.3) is 22.4 Å². The second kappa shape index (κ2) is 11.2. The standard InChI is InChI=1S/C27H33N7O4S/c1-4-33-24-21(17-23(26(33)35)25-28-11-14-34(25)39(36,37)16-15-38-3)18-29-27(31-24)30-22-7-5-19(6-8-22)20-9-12-32(2)13-10-20/h5-8,11,14,17-18,20H,4,9-10,12-13,15-16H2,1-3H3,(H,29,30,31). The zero-order chi connectivity index (χ0) is 27.6. The van der Waals surface area contributed by atoms with Crippen molar-refractivity contribution in [3.05, 3.63) is 64.8 Å². The van der Waals surface area contributed by atoms with Crippen LogP contribution in [0.2, 0.25) is 0 Å². The van der Waals surface area contributed by atoms with E-state index in [1.54, 1.807) is 12.3 Å². The van der Waals surface area contributed by atoms with Crippen molar-refractivity contribution in [2.75, 3.05) is 44.9 Å². The highest BCUT2D eigenvalue weighted by Crippen LogP contribution is 2.29. The van der Waals surface area contributed by atoms with Crippen LogP contribution in [0.5, 0.6) is 0 Å². The Kier molecular flexibility index (Phi) is 7.78. The third-order valence-corrected chi connectivity index (χ3v) is 8.77. The van der Waals surface area contributed by atoms with E-state index < -0.39 is 10.0 Å². The molecule has 0 unspecified atom stereocenters. The summed E-state index contributed by atoms with van der Waals surface area (Å²) in [4.78, 5) is 29.1. The molecular formula is C27H33N7O4S. The number of fused-ring (bicyclic) bond motifs is 1. The number of imidazole rings is 1. The number of anilines is 2. The second-order valence-corrected chi connectivity index (χ2v) is 11.7. The maximum atomic E-state index is 13.5. The van der Waals surface area contributed by atoms with Gasteiger partial charge in [0, 0.05) is 43.3 Å². The summed E-state index contributed by atoms with van der Waals surface area (Å²) in [5.74, 6) is 0.755. The third kappa shape index (κ3) is 5.58. The van der Waals surface area contributed by atoms with Crippen molar-refractivity contribution in [2.24, 2.45) is 0 Å². The Balaban J connectivity index is 1.44. The summed E-state index contributed by atoms with van der Waals surface area (Å²) in [6, 6.07) is 9.95. The summed E-state index contributed by atoms with van der Waals surface area (Å²) in [5, 5.41) is 3.84. The molecule has 4 heterocycles. The summed E-state index contributed by atoms with van der Waals surface area (Å²) < 4.78 is 33.1. The van der Waals surface area contributed by atoms with Crippen molar-refractivity contribution in [1.82, 2.24) is 28.4 Å². The van der Waals surface area contributed by atoms with E-state index in [9.17, 15) is 13.2 Å². The van der Waals surface area contributed by atoms with E-state index in [0.29, 0.717) is 29.4 Å². The van der Waals surface area contributed by atoms with Gasteiger partial charge in [-0.3, -0.25) is 9.36 Å². The van der Waals surface area contributed by atoms with Gasteiger partial charge >= 0.3 is 0 Å². The van der Waals surface area contributed by atoms with Gasteiger partial charge in [-0.15, -0.1) is 0 Å². The molecule has 1 aliphatic heterocycles. The molecule has 1 fully saturated rings. The fourth-order valence-electron chi connectivity index (χ4n) is 4.97. The van der Waals surface area contributed by atoms with Crippen LogP contribution in [0.4, 0.5) is 11.6 Å². The molecule has 4 aromatic rings. The van der Waals surface area contributed by atoms with Crippen molar-refractivity contribution < 1.29 is 13.2 Å². The fraction of sp³-hybridized carbons (Fsp3) is 0.407. The van der Waals surface area contributed by atoms with Crippen LogP contribution >= 0.6 is 0 Å². The highest BCUT2D eigenvalue weighted by molar-refractivity contribution is 7.90. The molecule has 0 bridgehead atoms. The number of aromatic nitrogens is 5. The molecule has 0 spiro atoms. The Labute approximate surface area is 227 Å². The molecule has 0 radical (unpaired) electrons. The first-order chi connectivity index (χ1) is 18.8. The minimum Gasteiger partial charge on any atom is -0.384 e. The Bertz CT molecular complexity index is 1620. The maximum Gasteiger partial charge on any atom is 0.263 e. The maximum absolute atomic E-state index is 13.5. The topological polar surface area (TPSA) is 124 Å². The van der Waals surface area contributed by atoms with Crippen molar-refractivity contribution in [3.63, 3.8) is 0 Å². The van der Waals surface area contributed by atoms with Gasteiger partial charge < -0.3 is 15.0 Å². The number of nitrogens with zero attached hydrogens (tertiary/aromatic N) is 6. The smallest absolute Gasteiger partial charge is 0.263 e. The zero-order valence-electron chi connectivity index (χ0n) is 22.4. The number of piperidine rings is 1. The summed E-state index contributed by atoms with van der Waals surface area (Å²) >= 11 is 0. The van der Waals surface area contributed by atoms with Crippen molar-refractivity contribution in [2.45, 2.75) is 32.2 Å². The van der Waals surface area contributed by atoms with E-state index >= 15 is 0 Å². The molecule has 0 aliphatic carbocycles. The number of ether oxygens (including phenoxy) is 1. The molecule has 11 nitrogen and oxygen atoms in total. The SMILES string of the molecule is CCn1c(=O)c(-c2nccn2S(=O)(=O)CCOC)cc2cnc(Nc3ccc(C4CCN(C)CC4)cc3)nc21. The molecule has 3 aromatic heterocycles. The normalized spacial score (nSPS) is 15.2. The van der Waals surface area contributed by atoms with Crippen LogP contribution in [0.15, 0.2) is 53.7 Å². The fourth-order valence-corrected chi connectivity index (χ4v) is 6.20. The van der Waals surface area contributed by atoms with Gasteiger partial charge in [-0.25, -0.2) is 22.4 Å². The molecule has 1 saturated heterocycles. The molecule has 1 N–H and O–H groups in total. The first-order valence-electron chi connectivity index (χ1n) is 13.0. The van der Waals surface area contributed by atoms with Crippen LogP contribution < -0.4 is 10.9 Å². The Hall–Kier alpha value is -3.61. The minimum atomic E-state index is -3.76. The minimum absolute atomic E-state index is 0.0292. The van der Waals surface area contributed by atoms with E-state index in [0.717, 1.165) is 35.6 Å². The lowest BCUT2D eigenvalue weighted by Crippen LogP contribution is -2.29. The number of hydrogen-bond donors (Lipinski definition) is 1. The predicted molar refractivity (Wildman–Crippen MR) is 151 cm³/mol. The number of likely N-dealkylation sites (tertiary alicyclic amines) is 1. The first kappa shape index (κ1) is 27.0. The van der Waals surface area contributed by atoms with E-state index in [4.69, 9.17) is 4.74 Å². The summed E-state index contributed by atoms with van der Waals surface area (Å²) in [5.41, 5.74) is 2.42. The molecule has 0 saturated carbocycles. The van der Waals surface area contributed by atoms with Crippen molar-refractivity contribution in [1.29, 1.82) is 0 Å². The summed E-state index contributed by atoms with van der Waals surface area (Å²) in [6.07, 6.45) is 6.64. The van der Waals surface area contributed by atoms with Gasteiger partial charge in [0.05, 0.1) is 17.9 Å². The van der Waals surface area contributed by atoms with Gasteiger partial charge in [-0.2, -0.15) is 4.98 Å². The van der Waals surface area contributed by atoms with Gasteiger partial charge in [0.2, 0.25) is 16.0 Å². The number of aryl methyl sites for hydroxylation is 1. The van der Waals surface area contributed by atoms with E-state index in [1.807, 2.05) is 19.1 Å². The van der Waals surface area contributed by atoms with E-state index in [1.165, 1.54) is 29.6 Å². The molecule has 5 rings (SSSR count). The lowest BCUT2D eigenvalue weighted by Gasteiger charge is -2.29. The molecule has 0 amide bonds. The zero-order valence-corrected chi connectivity index (χ0v) is 23.2. The summed E-state index contributed by atoms with van der Waals surface area (Å²) in [6.45, 7) is 4.43. The van der Waals surface area contributed by atoms with Crippen LogP contribution in [0, 0.1) is 0 Å². The largest absolute Gasteiger partial charge is 0.384 e. The van der Waals surface area contributed by atoms with Gasteiger partial charge in [0.1, 0.15) is 5.65 Å².